The van der Waals surface area contributed by atoms with Crippen molar-refractivity contribution in [3.8, 4) is 5.69 Å². The number of β-amino-alcohol motifs (C(OH)–C–C–N with tert-alkyl or cyclic N) is 1. The molecule has 9 heteroatoms. The molecule has 1 aliphatic heterocycles. The second-order valence-electron chi connectivity index (χ2n) is 6.16. The summed E-state index contributed by atoms with van der Waals surface area (Å²) in [5.74, 6) is -1.95. The van der Waals surface area contributed by atoms with Gasteiger partial charge in [-0.3, -0.25) is 23.9 Å². The van der Waals surface area contributed by atoms with Crippen molar-refractivity contribution in [2.45, 2.75) is 12.1 Å². The maximum Gasteiger partial charge on any atom is 0.255 e. The molecule has 8 nitrogen and oxygen atoms in total. The van der Waals surface area contributed by atoms with E-state index in [1.54, 1.807) is 12.1 Å². The molecular weight excluding hydrogens is 355 g/mol. The Balaban J connectivity index is 1.71. The third-order valence-corrected chi connectivity index (χ3v) is 4.19. The summed E-state index contributed by atoms with van der Waals surface area (Å²) < 4.78 is 15.6. The normalized spacial score (nSPS) is 19.8. The lowest BCUT2D eigenvalue weighted by molar-refractivity contribution is -0.123. The smallest absolute Gasteiger partial charge is 0.255 e. The molecule has 4 N–H and O–H groups in total. The Bertz CT molecular complexity index is 930. The van der Waals surface area contributed by atoms with E-state index in [1.807, 2.05) is 0 Å². The van der Waals surface area contributed by atoms with Gasteiger partial charge in [0, 0.05) is 31.3 Å². The number of aliphatic hydroxyl groups is 1. The van der Waals surface area contributed by atoms with Crippen molar-refractivity contribution in [2.75, 3.05) is 18.4 Å². The molecule has 1 fully saturated rings. The lowest BCUT2D eigenvalue weighted by Gasteiger charge is -2.20. The number of anilines is 1. The van der Waals surface area contributed by atoms with Crippen LogP contribution < -0.4 is 16.6 Å². The van der Waals surface area contributed by atoms with Crippen molar-refractivity contribution in [3.63, 3.8) is 0 Å². The van der Waals surface area contributed by atoms with E-state index < -0.39 is 29.8 Å². The van der Waals surface area contributed by atoms with Gasteiger partial charge in [-0.2, -0.15) is 0 Å². The molecule has 1 radical (unpaired) electrons. The van der Waals surface area contributed by atoms with E-state index in [4.69, 9.17) is 5.73 Å². The van der Waals surface area contributed by atoms with Crippen molar-refractivity contribution in [1.29, 1.82) is 0 Å². The minimum atomic E-state index is -0.865. The van der Waals surface area contributed by atoms with Crippen LogP contribution in [0.3, 0.4) is 0 Å². The van der Waals surface area contributed by atoms with Gasteiger partial charge in [-0.05, 0) is 18.2 Å². The first-order valence-electron chi connectivity index (χ1n) is 8.19. The predicted octanol–water partition coefficient (Wildman–Crippen LogP) is -0.350. The zero-order valence-corrected chi connectivity index (χ0v) is 14.2. The molecule has 141 valence electrons. The molecule has 0 bridgehead atoms. The number of carbonyl (C=O) groups excluding carboxylic acids is 2. The molecule has 1 aromatic heterocycles. The van der Waals surface area contributed by atoms with E-state index in [-0.39, 0.29) is 24.3 Å². The zero-order chi connectivity index (χ0) is 19.6. The fourth-order valence-corrected chi connectivity index (χ4v) is 2.95. The van der Waals surface area contributed by atoms with Crippen molar-refractivity contribution in [3.05, 3.63) is 65.2 Å². The van der Waals surface area contributed by atoms with Crippen LogP contribution >= 0.6 is 0 Å². The van der Waals surface area contributed by atoms with Gasteiger partial charge in [0.25, 0.3) is 5.56 Å². The SMILES string of the molecule is NC(=O)C1[CH][C@H](O)CN1CC(=O)Nc1ccc(-n2ccccc2=O)cc1F. The molecular formula is C18H18FN4O4. The number of aliphatic hydroxyl groups excluding tert-OH is 1. The van der Waals surface area contributed by atoms with Crippen molar-refractivity contribution >= 4 is 17.5 Å². The van der Waals surface area contributed by atoms with E-state index in [0.717, 1.165) is 6.07 Å². The average molecular weight is 373 g/mol. The molecule has 2 aromatic rings. The summed E-state index contributed by atoms with van der Waals surface area (Å²) in [5.41, 5.74) is 5.19. The number of nitrogens with zero attached hydrogens (tertiary/aromatic N) is 2. The molecule has 1 saturated heterocycles. The van der Waals surface area contributed by atoms with Crippen LogP contribution in [-0.4, -0.2) is 51.6 Å². The highest BCUT2D eigenvalue weighted by Crippen LogP contribution is 2.19. The molecule has 2 atom stereocenters. The molecule has 0 aliphatic carbocycles. The molecule has 3 rings (SSSR count). The number of primary amides is 1. The third-order valence-electron chi connectivity index (χ3n) is 4.19. The van der Waals surface area contributed by atoms with Gasteiger partial charge in [0.05, 0.1) is 30.1 Å². The molecule has 27 heavy (non-hydrogen) atoms. The van der Waals surface area contributed by atoms with Crippen LogP contribution in [0.1, 0.15) is 0 Å². The van der Waals surface area contributed by atoms with E-state index in [9.17, 15) is 23.9 Å². The summed E-state index contributed by atoms with van der Waals surface area (Å²) in [5, 5.41) is 12.0. The Kier molecular flexibility index (Phi) is 5.33. The number of rotatable bonds is 5. The summed E-state index contributed by atoms with van der Waals surface area (Å²) >= 11 is 0. The fourth-order valence-electron chi connectivity index (χ4n) is 2.95. The van der Waals surface area contributed by atoms with E-state index >= 15 is 0 Å². The van der Waals surface area contributed by atoms with Crippen LogP contribution in [0, 0.1) is 12.2 Å². The average Bonchev–Trinajstić information content (AvgIpc) is 2.97. The monoisotopic (exact) mass is 373 g/mol. The Morgan fingerprint density at radius 2 is 2.07 bits per heavy atom. The van der Waals surface area contributed by atoms with Crippen LogP contribution in [0.15, 0.2) is 47.4 Å². The number of aromatic nitrogens is 1. The Morgan fingerprint density at radius 3 is 2.74 bits per heavy atom. The van der Waals surface area contributed by atoms with Gasteiger partial charge in [-0.1, -0.05) is 6.07 Å². The van der Waals surface area contributed by atoms with E-state index in [0.29, 0.717) is 5.69 Å². The first kappa shape index (κ1) is 18.7. The summed E-state index contributed by atoms with van der Waals surface area (Å²) in [4.78, 5) is 36.8. The van der Waals surface area contributed by atoms with Crippen LogP contribution in [0.2, 0.25) is 0 Å². The van der Waals surface area contributed by atoms with Crippen LogP contribution in [0.5, 0.6) is 0 Å². The number of amides is 2. The zero-order valence-electron chi connectivity index (χ0n) is 14.2. The lowest BCUT2D eigenvalue weighted by Crippen LogP contribution is -2.44. The van der Waals surface area contributed by atoms with Crippen LogP contribution in [0.4, 0.5) is 10.1 Å². The van der Waals surface area contributed by atoms with Gasteiger partial charge in [0.15, 0.2) is 0 Å². The molecule has 2 amide bonds. The molecule has 0 spiro atoms. The number of carbonyl (C=O) groups is 2. The maximum atomic E-state index is 14.3. The van der Waals surface area contributed by atoms with Crippen molar-refractivity contribution in [1.82, 2.24) is 9.47 Å². The Hall–Kier alpha value is -3.04. The summed E-state index contributed by atoms with van der Waals surface area (Å²) in [6.07, 6.45) is 1.99. The highest BCUT2D eigenvalue weighted by Gasteiger charge is 2.36. The number of hydrogen-bond acceptors (Lipinski definition) is 5. The van der Waals surface area contributed by atoms with Gasteiger partial charge in [0.2, 0.25) is 11.8 Å². The second kappa shape index (κ2) is 7.68. The molecule has 1 unspecified atom stereocenters. The van der Waals surface area contributed by atoms with Crippen molar-refractivity contribution in [2.24, 2.45) is 5.73 Å². The lowest BCUT2D eigenvalue weighted by atomic mass is 10.2. The van der Waals surface area contributed by atoms with Gasteiger partial charge in [-0.25, -0.2) is 4.39 Å². The number of likely N-dealkylation sites (tertiary alicyclic amines) is 1. The third kappa shape index (κ3) is 4.21. The minimum absolute atomic E-state index is 0.0629. The summed E-state index contributed by atoms with van der Waals surface area (Å²) in [6.45, 7) is -0.153. The molecule has 0 saturated carbocycles. The highest BCUT2D eigenvalue weighted by molar-refractivity contribution is 5.93. The number of hydrogen-bond donors (Lipinski definition) is 3. The molecule has 2 heterocycles. The van der Waals surface area contributed by atoms with Gasteiger partial charge in [0.1, 0.15) is 5.82 Å². The van der Waals surface area contributed by atoms with Crippen molar-refractivity contribution < 1.29 is 19.1 Å². The maximum absolute atomic E-state index is 14.3. The van der Waals surface area contributed by atoms with E-state index in [2.05, 4.69) is 5.32 Å². The minimum Gasteiger partial charge on any atom is -0.391 e. The molecule has 1 aromatic carbocycles. The number of halogens is 1. The van der Waals surface area contributed by atoms with Gasteiger partial charge in [-0.15, -0.1) is 0 Å². The standard InChI is InChI=1S/C18H18FN4O4/c19-13-7-11(23-6-2-1-3-17(23)26)4-5-14(13)21-16(25)10-22-9-12(24)8-15(22)18(20)27/h1-8,12,15,24H,9-10H2,(H2,20,27)(H,21,25)/t12-,15?/m0/s1. The first-order chi connectivity index (χ1) is 12.8. The van der Waals surface area contributed by atoms with Gasteiger partial charge < -0.3 is 16.2 Å². The number of pyridine rings is 1. The summed E-state index contributed by atoms with van der Waals surface area (Å²) in [6, 6.07) is 7.70. The highest BCUT2D eigenvalue weighted by atomic mass is 19.1. The predicted molar refractivity (Wildman–Crippen MR) is 95.5 cm³/mol. The topological polar surface area (TPSA) is 118 Å². The number of benzene rings is 1. The Labute approximate surface area is 154 Å². The van der Waals surface area contributed by atoms with Crippen LogP contribution in [-0.2, 0) is 9.59 Å². The number of nitrogens with one attached hydrogen (secondary N) is 1. The fraction of sp³-hybridized carbons (Fsp3) is 0.222. The van der Waals surface area contributed by atoms with E-state index in [1.165, 1.54) is 40.3 Å². The van der Waals surface area contributed by atoms with Gasteiger partial charge >= 0.3 is 0 Å². The second-order valence-corrected chi connectivity index (χ2v) is 6.16. The quantitative estimate of drug-likeness (QED) is 0.662. The van der Waals surface area contributed by atoms with Crippen LogP contribution in [0.25, 0.3) is 5.69 Å². The Morgan fingerprint density at radius 1 is 1.30 bits per heavy atom. The first-order valence-corrected chi connectivity index (χ1v) is 8.19. The molecule has 1 aliphatic rings. The summed E-state index contributed by atoms with van der Waals surface area (Å²) in [7, 11) is 0. The number of nitrogens with two attached hydrogens (primary N) is 1. The largest absolute Gasteiger partial charge is 0.391 e.